The van der Waals surface area contributed by atoms with E-state index in [9.17, 15) is 43.2 Å². The maximum absolute atomic E-state index is 13.1. The highest BCUT2D eigenvalue weighted by Gasteiger charge is 2.30. The molecule has 0 heterocycles. The highest BCUT2D eigenvalue weighted by atomic mass is 31.2. The minimum atomic E-state index is -4.96. The molecular formula is C78H152O17P2. The maximum atomic E-state index is 13.1. The van der Waals surface area contributed by atoms with E-state index in [-0.39, 0.29) is 25.7 Å². The second-order valence-corrected chi connectivity index (χ2v) is 31.0. The number of unbranched alkanes of at least 4 members (excludes halogenated alkanes) is 53. The minimum absolute atomic E-state index is 0.108. The van der Waals surface area contributed by atoms with Gasteiger partial charge in [0.25, 0.3) is 0 Å². The summed E-state index contributed by atoms with van der Waals surface area (Å²) in [7, 11) is -9.91. The average Bonchev–Trinajstić information content (AvgIpc) is 1.04. The maximum Gasteiger partial charge on any atom is 0.472 e. The van der Waals surface area contributed by atoms with Crippen molar-refractivity contribution in [2.75, 3.05) is 39.6 Å². The Morgan fingerprint density at radius 1 is 0.247 bits per heavy atom. The van der Waals surface area contributed by atoms with Gasteiger partial charge in [0.15, 0.2) is 12.2 Å². The number of aliphatic hydroxyl groups excluding tert-OH is 1. The van der Waals surface area contributed by atoms with Gasteiger partial charge in [-0.15, -0.1) is 0 Å². The van der Waals surface area contributed by atoms with Crippen molar-refractivity contribution in [1.29, 1.82) is 0 Å². The number of ether oxygens (including phenoxy) is 4. The van der Waals surface area contributed by atoms with Gasteiger partial charge in [-0.3, -0.25) is 37.3 Å². The van der Waals surface area contributed by atoms with Gasteiger partial charge >= 0.3 is 39.5 Å². The third kappa shape index (κ3) is 72.2. The van der Waals surface area contributed by atoms with Crippen molar-refractivity contribution in [1.82, 2.24) is 0 Å². The Hall–Kier alpha value is -1.94. The fourth-order valence-corrected chi connectivity index (χ4v) is 13.7. The molecule has 0 aliphatic rings. The average molecular weight is 1420 g/mol. The van der Waals surface area contributed by atoms with Gasteiger partial charge in [0.05, 0.1) is 26.4 Å². The fraction of sp³-hybridized carbons (Fsp3) is 0.949. The standard InChI is InChI=1S/C78H152O17P2/c1-5-9-13-17-21-24-27-30-33-36-39-41-44-47-51-55-59-63-76(81)89-69-74(95-78(83)65-61-57-53-49-46-43-40-37-34-31-28-25-22-18-14-10-6-2)71-93-97(86,87)91-67-72(79)66-90-96(84,85)92-70-73(68-88-75(80)62-58-54-50-20-16-12-8-4)94-77(82)64-60-56-52-48-45-42-38-35-32-29-26-23-19-15-11-7-3/h72-74,79H,5-71H2,1-4H3,(H,84,85)(H,86,87)/t72-,73+,74+/m0/s1. The van der Waals surface area contributed by atoms with Crippen molar-refractivity contribution in [2.45, 2.75) is 438 Å². The van der Waals surface area contributed by atoms with Gasteiger partial charge in [0, 0.05) is 25.7 Å². The van der Waals surface area contributed by atoms with E-state index in [1.807, 2.05) is 0 Å². The van der Waals surface area contributed by atoms with Crippen molar-refractivity contribution < 1.29 is 80.2 Å². The second-order valence-electron chi connectivity index (χ2n) is 28.1. The smallest absolute Gasteiger partial charge is 0.462 e. The van der Waals surface area contributed by atoms with Crippen molar-refractivity contribution >= 4 is 39.5 Å². The molecule has 0 spiro atoms. The summed E-state index contributed by atoms with van der Waals surface area (Å²) in [5.74, 6) is -2.11. The number of carbonyl (C=O) groups is 4. The number of phosphoric ester groups is 2. The van der Waals surface area contributed by atoms with Gasteiger partial charge in [-0.1, -0.05) is 368 Å². The minimum Gasteiger partial charge on any atom is -0.462 e. The number of carbonyl (C=O) groups excluding carboxylic acids is 4. The summed E-state index contributed by atoms with van der Waals surface area (Å²) in [4.78, 5) is 72.8. The van der Waals surface area contributed by atoms with Gasteiger partial charge in [-0.05, 0) is 25.7 Å². The predicted molar refractivity (Wildman–Crippen MR) is 395 cm³/mol. The van der Waals surface area contributed by atoms with Gasteiger partial charge in [0.2, 0.25) is 0 Å². The van der Waals surface area contributed by atoms with Crippen molar-refractivity contribution in [3.63, 3.8) is 0 Å². The van der Waals surface area contributed by atoms with E-state index in [1.165, 1.54) is 238 Å². The van der Waals surface area contributed by atoms with E-state index in [4.69, 9.17) is 37.0 Å². The number of hydrogen-bond donors (Lipinski definition) is 3. The molecule has 0 aromatic rings. The molecule has 0 radical (unpaired) electrons. The number of phosphoric acid groups is 2. The Balaban J connectivity index is 5.18. The molecule has 0 aliphatic heterocycles. The van der Waals surface area contributed by atoms with Crippen LogP contribution < -0.4 is 0 Å². The van der Waals surface area contributed by atoms with Crippen molar-refractivity contribution in [3.8, 4) is 0 Å². The summed E-state index contributed by atoms with van der Waals surface area (Å²) in [6, 6.07) is 0. The van der Waals surface area contributed by atoms with Crippen LogP contribution in [-0.4, -0.2) is 96.7 Å². The quantitative estimate of drug-likeness (QED) is 0.0222. The first-order valence-corrected chi connectivity index (χ1v) is 43.8. The van der Waals surface area contributed by atoms with Crippen LogP contribution in [0.15, 0.2) is 0 Å². The largest absolute Gasteiger partial charge is 0.472 e. The highest BCUT2D eigenvalue weighted by molar-refractivity contribution is 7.47. The second kappa shape index (κ2) is 72.4. The molecule has 0 fully saturated rings. The lowest BCUT2D eigenvalue weighted by atomic mass is 10.0. The first kappa shape index (κ1) is 95.1. The molecule has 0 bridgehead atoms. The Labute approximate surface area is 594 Å². The van der Waals surface area contributed by atoms with E-state index in [0.29, 0.717) is 25.7 Å². The van der Waals surface area contributed by atoms with Crippen LogP contribution in [0.1, 0.15) is 419 Å². The zero-order chi connectivity index (χ0) is 71.1. The molecule has 0 aliphatic carbocycles. The van der Waals surface area contributed by atoms with Crippen LogP contribution in [0, 0.1) is 0 Å². The fourth-order valence-electron chi connectivity index (χ4n) is 12.1. The molecule has 17 nitrogen and oxygen atoms in total. The first-order chi connectivity index (χ1) is 47.2. The lowest BCUT2D eigenvalue weighted by Crippen LogP contribution is -2.30. The molecule has 0 rings (SSSR count). The lowest BCUT2D eigenvalue weighted by molar-refractivity contribution is -0.161. The van der Waals surface area contributed by atoms with E-state index in [1.54, 1.807) is 0 Å². The van der Waals surface area contributed by atoms with Crippen LogP contribution in [0.2, 0.25) is 0 Å². The topological polar surface area (TPSA) is 237 Å². The van der Waals surface area contributed by atoms with Gasteiger partial charge < -0.3 is 33.8 Å². The van der Waals surface area contributed by atoms with Crippen LogP contribution in [0.4, 0.5) is 0 Å². The molecular weight excluding hydrogens is 1270 g/mol. The van der Waals surface area contributed by atoms with Crippen LogP contribution >= 0.6 is 15.6 Å². The monoisotopic (exact) mass is 1420 g/mol. The molecule has 3 N–H and O–H groups in total. The van der Waals surface area contributed by atoms with Crippen LogP contribution in [0.25, 0.3) is 0 Å². The number of esters is 4. The zero-order valence-corrected chi connectivity index (χ0v) is 64.8. The molecule has 576 valence electrons. The highest BCUT2D eigenvalue weighted by Crippen LogP contribution is 2.45. The first-order valence-electron chi connectivity index (χ1n) is 40.8. The van der Waals surface area contributed by atoms with Crippen LogP contribution in [-0.2, 0) is 65.4 Å². The van der Waals surface area contributed by atoms with Gasteiger partial charge in [0.1, 0.15) is 19.3 Å². The number of rotatable bonds is 79. The molecule has 0 aromatic carbocycles. The van der Waals surface area contributed by atoms with Crippen molar-refractivity contribution in [2.24, 2.45) is 0 Å². The summed E-state index contributed by atoms with van der Waals surface area (Å²) in [5, 5.41) is 10.6. The Morgan fingerprint density at radius 3 is 0.608 bits per heavy atom. The summed E-state index contributed by atoms with van der Waals surface area (Å²) >= 11 is 0. The van der Waals surface area contributed by atoms with Gasteiger partial charge in [-0.2, -0.15) is 0 Å². The van der Waals surface area contributed by atoms with Crippen LogP contribution in [0.5, 0.6) is 0 Å². The molecule has 19 heteroatoms. The van der Waals surface area contributed by atoms with E-state index >= 15 is 0 Å². The molecule has 0 saturated heterocycles. The SMILES string of the molecule is CCCCCCCCCCCCCCCCCCCC(=O)OC[C@H](COP(=O)(O)OC[C@@H](O)COP(=O)(O)OC[C@@H](COC(=O)CCCCCCCCC)OC(=O)CCCCCCCCCCCCCCCCCC)OC(=O)CCCCCCCCCCCCCCCCCCC. The summed E-state index contributed by atoms with van der Waals surface area (Å²) < 4.78 is 68.5. The molecule has 5 atom stereocenters. The molecule has 0 aromatic heterocycles. The Bertz CT molecular complexity index is 1840. The number of aliphatic hydroxyl groups is 1. The molecule has 97 heavy (non-hydrogen) atoms. The van der Waals surface area contributed by atoms with Crippen LogP contribution in [0.3, 0.4) is 0 Å². The Morgan fingerprint density at radius 2 is 0.412 bits per heavy atom. The third-order valence-corrected chi connectivity index (χ3v) is 20.3. The summed E-state index contributed by atoms with van der Waals surface area (Å²) in [6.07, 6.45) is 63.9. The summed E-state index contributed by atoms with van der Waals surface area (Å²) in [5.41, 5.74) is 0. The molecule has 0 saturated carbocycles. The van der Waals surface area contributed by atoms with E-state index < -0.39 is 97.5 Å². The van der Waals surface area contributed by atoms with E-state index in [2.05, 4.69) is 27.7 Å². The van der Waals surface area contributed by atoms with E-state index in [0.717, 1.165) is 103 Å². The molecule has 0 amide bonds. The normalized spacial score (nSPS) is 13.8. The summed E-state index contributed by atoms with van der Waals surface area (Å²) in [6.45, 7) is 4.97. The van der Waals surface area contributed by atoms with Crippen molar-refractivity contribution in [3.05, 3.63) is 0 Å². The zero-order valence-electron chi connectivity index (χ0n) is 63.1. The third-order valence-electron chi connectivity index (χ3n) is 18.4. The molecule has 2 unspecified atom stereocenters. The lowest BCUT2D eigenvalue weighted by Gasteiger charge is -2.21. The number of hydrogen-bond acceptors (Lipinski definition) is 15. The van der Waals surface area contributed by atoms with Gasteiger partial charge in [-0.25, -0.2) is 9.13 Å². The predicted octanol–water partition coefficient (Wildman–Crippen LogP) is 23.4. The Kier molecular flexibility index (Phi) is 71.0.